The molecule has 0 bridgehead atoms. The number of hydrogen-bond donors (Lipinski definition) is 1. The number of hydrogen-bond acceptors (Lipinski definition) is 8. The third kappa shape index (κ3) is 6.14. The largest absolute Gasteiger partial charge is 0.507 e. The minimum Gasteiger partial charge on any atom is -0.507 e. The van der Waals surface area contributed by atoms with Gasteiger partial charge in [0.1, 0.15) is 19.0 Å². The molecule has 2 heterocycles. The third-order valence-corrected chi connectivity index (χ3v) is 5.66. The third-order valence-electron chi connectivity index (χ3n) is 5.66. The molecule has 10 heteroatoms. The molecule has 4 rings (SSSR count). The van der Waals surface area contributed by atoms with E-state index < -0.39 is 0 Å². The van der Waals surface area contributed by atoms with E-state index in [0.29, 0.717) is 62.4 Å². The van der Waals surface area contributed by atoms with Crippen LogP contribution in [0.4, 0.5) is 5.69 Å². The van der Waals surface area contributed by atoms with Crippen molar-refractivity contribution in [1.29, 1.82) is 0 Å². The van der Waals surface area contributed by atoms with Gasteiger partial charge in [-0.1, -0.05) is 18.2 Å². The smallest absolute Gasteiger partial charge is 0.297 e. The van der Waals surface area contributed by atoms with Crippen LogP contribution in [-0.4, -0.2) is 73.5 Å². The zero-order chi connectivity index (χ0) is 25.3. The van der Waals surface area contributed by atoms with E-state index in [9.17, 15) is 9.90 Å². The summed E-state index contributed by atoms with van der Waals surface area (Å²) in [7, 11) is 1.80. The zero-order valence-corrected chi connectivity index (χ0v) is 20.5. The fourth-order valence-corrected chi connectivity index (χ4v) is 3.69. The number of ether oxygens (including phenoxy) is 5. The van der Waals surface area contributed by atoms with Crippen molar-refractivity contribution in [3.63, 3.8) is 0 Å². The number of aliphatic imine (C=N–C) groups is 1. The number of aromatic nitrogens is 2. The van der Waals surface area contributed by atoms with Crippen LogP contribution in [-0.2, 0) is 21.3 Å². The molecule has 0 atom stereocenters. The molecule has 2 aromatic carbocycles. The summed E-state index contributed by atoms with van der Waals surface area (Å²) in [6.07, 6.45) is 1.45. The highest BCUT2D eigenvalue weighted by Crippen LogP contribution is 2.34. The summed E-state index contributed by atoms with van der Waals surface area (Å²) in [5, 5.41) is 10.6. The molecule has 0 fully saturated rings. The first-order valence-electron chi connectivity index (χ1n) is 11.8. The monoisotopic (exact) mass is 497 g/mol. The van der Waals surface area contributed by atoms with Gasteiger partial charge in [-0.05, 0) is 25.1 Å². The average Bonchev–Trinajstić information content (AvgIpc) is 3.09. The predicted octanol–water partition coefficient (Wildman–Crippen LogP) is 2.76. The topological polar surface area (TPSA) is 106 Å². The zero-order valence-electron chi connectivity index (χ0n) is 20.5. The summed E-state index contributed by atoms with van der Waals surface area (Å²) in [6, 6.07) is 12.4. The number of benzene rings is 2. The van der Waals surface area contributed by atoms with Crippen molar-refractivity contribution < 1.29 is 28.8 Å². The number of aromatic hydroxyl groups is 1. The molecule has 10 nitrogen and oxygen atoms in total. The number of phenols is 1. The predicted molar refractivity (Wildman–Crippen MR) is 135 cm³/mol. The number of rotatable bonds is 3. The van der Waals surface area contributed by atoms with E-state index in [1.54, 1.807) is 22.5 Å². The van der Waals surface area contributed by atoms with Crippen LogP contribution in [0.15, 0.2) is 52.3 Å². The van der Waals surface area contributed by atoms with Crippen molar-refractivity contribution >= 4 is 11.9 Å². The lowest BCUT2D eigenvalue weighted by Crippen LogP contribution is -2.19. The molecular formula is C26H31N3O7. The minimum atomic E-state index is -0.258. The van der Waals surface area contributed by atoms with E-state index in [2.05, 4.69) is 4.99 Å². The van der Waals surface area contributed by atoms with Crippen LogP contribution >= 0.6 is 0 Å². The summed E-state index contributed by atoms with van der Waals surface area (Å²) in [6.45, 7) is 5.00. The Balaban J connectivity index is 1.59. The molecule has 192 valence electrons. The van der Waals surface area contributed by atoms with E-state index in [4.69, 9.17) is 23.7 Å². The molecule has 1 N–H and O–H groups in total. The van der Waals surface area contributed by atoms with Gasteiger partial charge in [-0.3, -0.25) is 9.48 Å². The Hall–Kier alpha value is -3.60. The molecule has 1 aromatic heterocycles. The highest BCUT2D eigenvalue weighted by atomic mass is 16.6. The number of phenolic OH excluding ortho intramolecular Hbond substituents is 1. The number of nitrogens with zero attached hydrogens (tertiary/aromatic N) is 3. The molecular weight excluding hydrogens is 466 g/mol. The van der Waals surface area contributed by atoms with E-state index in [1.165, 1.54) is 12.3 Å². The minimum absolute atomic E-state index is 0.0541. The van der Waals surface area contributed by atoms with Crippen molar-refractivity contribution in [2.45, 2.75) is 6.92 Å². The van der Waals surface area contributed by atoms with Gasteiger partial charge in [0.25, 0.3) is 5.56 Å². The molecule has 0 spiro atoms. The first-order valence-corrected chi connectivity index (χ1v) is 11.8. The maximum atomic E-state index is 13.1. The summed E-state index contributed by atoms with van der Waals surface area (Å²) in [5.74, 6) is 0.749. The van der Waals surface area contributed by atoms with Crippen LogP contribution in [0.3, 0.4) is 0 Å². The maximum Gasteiger partial charge on any atom is 0.297 e. The van der Waals surface area contributed by atoms with Crippen molar-refractivity contribution in [3.05, 3.63) is 64.1 Å². The second kappa shape index (κ2) is 12.4. The van der Waals surface area contributed by atoms with E-state index in [1.807, 2.05) is 37.3 Å². The molecule has 0 saturated heterocycles. The van der Waals surface area contributed by atoms with Gasteiger partial charge in [0.05, 0.1) is 51.0 Å². The Morgan fingerprint density at radius 2 is 1.42 bits per heavy atom. The highest BCUT2D eigenvalue weighted by molar-refractivity contribution is 5.87. The first kappa shape index (κ1) is 25.5. The van der Waals surface area contributed by atoms with Crippen molar-refractivity contribution in [1.82, 2.24) is 9.36 Å². The lowest BCUT2D eigenvalue weighted by Gasteiger charge is -2.14. The van der Waals surface area contributed by atoms with Gasteiger partial charge in [0.15, 0.2) is 17.2 Å². The van der Waals surface area contributed by atoms with Crippen molar-refractivity contribution in [2.75, 3.05) is 52.9 Å². The van der Waals surface area contributed by atoms with E-state index in [-0.39, 0.29) is 30.2 Å². The van der Waals surface area contributed by atoms with Crippen LogP contribution in [0, 0.1) is 6.92 Å². The summed E-state index contributed by atoms with van der Waals surface area (Å²) in [5.41, 5.74) is 1.83. The van der Waals surface area contributed by atoms with Crippen molar-refractivity contribution in [2.24, 2.45) is 12.0 Å². The van der Waals surface area contributed by atoms with Gasteiger partial charge in [-0.15, -0.1) is 0 Å². The number of fused-ring (bicyclic) bond motifs is 1. The quantitative estimate of drug-likeness (QED) is 0.555. The Morgan fingerprint density at radius 3 is 2.03 bits per heavy atom. The summed E-state index contributed by atoms with van der Waals surface area (Å²) < 4.78 is 31.4. The molecule has 1 aliphatic rings. The molecule has 0 unspecified atom stereocenters. The number of para-hydroxylation sites is 1. The molecule has 3 aromatic rings. The highest BCUT2D eigenvalue weighted by Gasteiger charge is 2.16. The van der Waals surface area contributed by atoms with E-state index in [0.717, 1.165) is 5.69 Å². The van der Waals surface area contributed by atoms with Crippen LogP contribution < -0.4 is 15.0 Å². The van der Waals surface area contributed by atoms with Gasteiger partial charge >= 0.3 is 0 Å². The molecule has 1 aliphatic heterocycles. The Morgan fingerprint density at radius 1 is 0.861 bits per heavy atom. The fraction of sp³-hybridized carbons (Fsp3) is 0.385. The molecule has 0 amide bonds. The molecule has 0 aliphatic carbocycles. The molecule has 36 heavy (non-hydrogen) atoms. The maximum absolute atomic E-state index is 13.1. The van der Waals surface area contributed by atoms with Crippen molar-refractivity contribution in [3.8, 4) is 22.9 Å². The summed E-state index contributed by atoms with van der Waals surface area (Å²) in [4.78, 5) is 17.6. The van der Waals surface area contributed by atoms with Crippen LogP contribution in [0.5, 0.6) is 17.2 Å². The second-order valence-corrected chi connectivity index (χ2v) is 8.06. The van der Waals surface area contributed by atoms with Gasteiger partial charge in [-0.25, -0.2) is 9.67 Å². The normalized spacial score (nSPS) is 15.9. The lowest BCUT2D eigenvalue weighted by molar-refractivity contribution is 0.00708. The molecule has 0 radical (unpaired) electrons. The van der Waals surface area contributed by atoms with Gasteiger partial charge in [-0.2, -0.15) is 0 Å². The molecule has 0 saturated carbocycles. The van der Waals surface area contributed by atoms with Crippen LogP contribution in [0.25, 0.3) is 5.69 Å². The van der Waals surface area contributed by atoms with Gasteiger partial charge in [0, 0.05) is 24.9 Å². The van der Waals surface area contributed by atoms with E-state index >= 15 is 0 Å². The standard InChI is InChI=1S/C26H31N3O7/c1-19-25(26(31)29(28(19)2)21-6-4-3-5-7-21)27-18-20-16-23-24(17-22(20)30)36-15-13-34-11-9-32-8-10-33-12-14-35-23/h3-7,16-18,30H,8-15H2,1-2H3. The Bertz CT molecular complexity index is 1230. The average molecular weight is 498 g/mol. The summed E-state index contributed by atoms with van der Waals surface area (Å²) >= 11 is 0. The fourth-order valence-electron chi connectivity index (χ4n) is 3.69. The first-order chi connectivity index (χ1) is 17.6. The van der Waals surface area contributed by atoms with Gasteiger partial charge < -0.3 is 28.8 Å². The Kier molecular flexibility index (Phi) is 8.77. The van der Waals surface area contributed by atoms with Gasteiger partial charge in [0.2, 0.25) is 0 Å². The lowest BCUT2D eigenvalue weighted by atomic mass is 10.2. The second-order valence-electron chi connectivity index (χ2n) is 8.06. The SMILES string of the molecule is Cc1c(N=Cc2cc3c(cc2O)OCCOCCOCCOCCO3)c(=O)n(-c2ccccc2)n1C. The van der Waals surface area contributed by atoms with Crippen LogP contribution in [0.2, 0.25) is 0 Å². The van der Waals surface area contributed by atoms with Crippen LogP contribution in [0.1, 0.15) is 11.3 Å². The Labute approximate surface area is 209 Å².